The predicted octanol–water partition coefficient (Wildman–Crippen LogP) is 2.53. The molecule has 0 aliphatic heterocycles. The Morgan fingerprint density at radius 2 is 2.25 bits per heavy atom. The molecule has 3 N–H and O–H groups in total. The fourth-order valence-electron chi connectivity index (χ4n) is 1.68. The van der Waals surface area contributed by atoms with Crippen LogP contribution in [0, 0.1) is 0 Å². The summed E-state index contributed by atoms with van der Waals surface area (Å²) in [5.74, 6) is 0.140. The van der Waals surface area contributed by atoms with E-state index in [-0.39, 0.29) is 15.2 Å². The van der Waals surface area contributed by atoms with Gasteiger partial charge < -0.3 is 11.1 Å². The lowest BCUT2D eigenvalue weighted by Gasteiger charge is -2.01. The number of unbranched alkanes of at least 4 members (excludes halogenated alkanes) is 1. The van der Waals surface area contributed by atoms with Gasteiger partial charge in [0.05, 0.1) is 16.0 Å². The highest BCUT2D eigenvalue weighted by Crippen LogP contribution is 2.28. The van der Waals surface area contributed by atoms with Gasteiger partial charge in [0.15, 0.2) is 5.11 Å². The molecule has 0 saturated carbocycles. The van der Waals surface area contributed by atoms with E-state index >= 15 is 0 Å². The molecule has 1 aromatic heterocycles. The molecule has 2 rings (SSSR count). The molecule has 0 fully saturated rings. The third-order valence-electron chi connectivity index (χ3n) is 2.67. The number of hydrogen-bond acceptors (Lipinski definition) is 5. The van der Waals surface area contributed by atoms with Crippen LogP contribution in [0.3, 0.4) is 0 Å². The molecule has 0 amide bonds. The fraction of sp³-hybridized carbons (Fsp3) is 0.333. The molecule has 0 radical (unpaired) electrons. The van der Waals surface area contributed by atoms with Crippen molar-refractivity contribution in [1.82, 2.24) is 4.98 Å². The first-order valence-electron chi connectivity index (χ1n) is 6.12. The molecular formula is C12H15N3O2S3. The van der Waals surface area contributed by atoms with E-state index in [1.807, 2.05) is 6.92 Å². The lowest BCUT2D eigenvalue weighted by molar-refractivity contribution is 0.592. The van der Waals surface area contributed by atoms with Gasteiger partial charge in [-0.15, -0.1) is 11.3 Å². The number of thiazole rings is 1. The largest absolute Gasteiger partial charge is 0.376 e. The Labute approximate surface area is 127 Å². The SMILES string of the molecule is CCCCS(=O)(=O)c1nc2ccc(NC(N)=S)cc2s1. The summed E-state index contributed by atoms with van der Waals surface area (Å²) in [5, 5.41) is 2.99. The average Bonchev–Trinajstić information content (AvgIpc) is 2.79. The van der Waals surface area contributed by atoms with Crippen molar-refractivity contribution in [3.05, 3.63) is 18.2 Å². The standard InChI is InChI=1S/C12H15N3O2S3/c1-2-3-6-20(16,17)12-15-9-5-4-8(14-11(13)18)7-10(9)19-12/h4-5,7H,2-3,6H2,1H3,(H3,13,14,18). The molecule has 5 nitrogen and oxygen atoms in total. The van der Waals surface area contributed by atoms with Gasteiger partial charge in [-0.25, -0.2) is 13.4 Å². The van der Waals surface area contributed by atoms with Crippen LogP contribution in [0.15, 0.2) is 22.5 Å². The quantitative estimate of drug-likeness (QED) is 0.820. The van der Waals surface area contributed by atoms with Crippen molar-refractivity contribution in [3.63, 3.8) is 0 Å². The first-order valence-corrected chi connectivity index (χ1v) is 9.00. The molecule has 0 atom stereocenters. The van der Waals surface area contributed by atoms with E-state index in [0.29, 0.717) is 11.9 Å². The summed E-state index contributed by atoms with van der Waals surface area (Å²) in [5.41, 5.74) is 6.80. The normalized spacial score (nSPS) is 11.7. The zero-order chi connectivity index (χ0) is 14.8. The van der Waals surface area contributed by atoms with Crippen LogP contribution in [0.25, 0.3) is 10.2 Å². The van der Waals surface area contributed by atoms with Crippen LogP contribution < -0.4 is 11.1 Å². The van der Waals surface area contributed by atoms with E-state index < -0.39 is 9.84 Å². The molecule has 0 saturated heterocycles. The molecule has 0 bridgehead atoms. The number of nitrogens with one attached hydrogen (secondary N) is 1. The summed E-state index contributed by atoms with van der Waals surface area (Å²) in [7, 11) is -3.28. The van der Waals surface area contributed by atoms with Crippen LogP contribution in [0.2, 0.25) is 0 Å². The summed E-state index contributed by atoms with van der Waals surface area (Å²) < 4.78 is 25.2. The summed E-state index contributed by atoms with van der Waals surface area (Å²) in [6.45, 7) is 1.96. The van der Waals surface area contributed by atoms with Crippen LogP contribution in [0.1, 0.15) is 19.8 Å². The highest BCUT2D eigenvalue weighted by molar-refractivity contribution is 7.93. The molecule has 1 heterocycles. The minimum Gasteiger partial charge on any atom is -0.376 e. The number of benzene rings is 1. The number of hydrogen-bond donors (Lipinski definition) is 2. The Hall–Kier alpha value is -1.25. The van der Waals surface area contributed by atoms with Crippen molar-refractivity contribution >= 4 is 54.4 Å². The Bertz CT molecular complexity index is 737. The van der Waals surface area contributed by atoms with Crippen LogP contribution in [-0.4, -0.2) is 24.3 Å². The van der Waals surface area contributed by atoms with Gasteiger partial charge in [0.25, 0.3) is 0 Å². The highest BCUT2D eigenvalue weighted by Gasteiger charge is 2.19. The number of nitrogens with two attached hydrogens (primary N) is 1. The molecule has 0 aliphatic carbocycles. The maximum absolute atomic E-state index is 12.1. The zero-order valence-corrected chi connectivity index (χ0v) is 13.4. The third kappa shape index (κ3) is 3.44. The number of rotatable bonds is 5. The number of anilines is 1. The predicted molar refractivity (Wildman–Crippen MR) is 87.0 cm³/mol. The van der Waals surface area contributed by atoms with E-state index in [2.05, 4.69) is 10.3 Å². The zero-order valence-electron chi connectivity index (χ0n) is 10.9. The number of nitrogens with zero attached hydrogens (tertiary/aromatic N) is 1. The molecular weight excluding hydrogens is 314 g/mol. The molecule has 0 aliphatic rings. The van der Waals surface area contributed by atoms with Gasteiger partial charge in [-0.3, -0.25) is 0 Å². The van der Waals surface area contributed by atoms with Gasteiger partial charge in [0.2, 0.25) is 14.2 Å². The number of thiocarbonyl (C=S) groups is 1. The Kier molecular flexibility index (Phi) is 4.56. The van der Waals surface area contributed by atoms with E-state index in [0.717, 1.165) is 16.8 Å². The average molecular weight is 329 g/mol. The Morgan fingerprint density at radius 3 is 2.90 bits per heavy atom. The van der Waals surface area contributed by atoms with E-state index in [1.54, 1.807) is 18.2 Å². The van der Waals surface area contributed by atoms with Crippen molar-refractivity contribution in [1.29, 1.82) is 0 Å². The van der Waals surface area contributed by atoms with Crippen LogP contribution in [-0.2, 0) is 9.84 Å². The number of sulfone groups is 1. The topological polar surface area (TPSA) is 85.1 Å². The molecule has 0 spiro atoms. The minimum absolute atomic E-state index is 0.140. The Morgan fingerprint density at radius 1 is 1.50 bits per heavy atom. The van der Waals surface area contributed by atoms with E-state index in [9.17, 15) is 8.42 Å². The Balaban J connectivity index is 2.36. The van der Waals surface area contributed by atoms with Crippen molar-refractivity contribution in [2.75, 3.05) is 11.1 Å². The summed E-state index contributed by atoms with van der Waals surface area (Å²) >= 11 is 5.94. The second kappa shape index (κ2) is 6.02. The fourth-order valence-corrected chi connectivity index (χ4v) is 4.64. The van der Waals surface area contributed by atoms with E-state index in [1.165, 1.54) is 11.3 Å². The maximum atomic E-state index is 12.1. The second-order valence-electron chi connectivity index (χ2n) is 4.32. The molecule has 20 heavy (non-hydrogen) atoms. The highest BCUT2D eigenvalue weighted by atomic mass is 32.2. The number of aromatic nitrogens is 1. The second-order valence-corrected chi connectivity index (χ2v) is 8.08. The monoisotopic (exact) mass is 329 g/mol. The van der Waals surface area contributed by atoms with Crippen LogP contribution in [0.4, 0.5) is 5.69 Å². The summed E-state index contributed by atoms with van der Waals surface area (Å²) in [6.07, 6.45) is 1.48. The third-order valence-corrected chi connectivity index (χ3v) is 6.05. The van der Waals surface area contributed by atoms with Crippen molar-refractivity contribution < 1.29 is 8.42 Å². The van der Waals surface area contributed by atoms with Gasteiger partial charge in [-0.1, -0.05) is 13.3 Å². The lowest BCUT2D eigenvalue weighted by atomic mass is 10.3. The first kappa shape index (κ1) is 15.1. The summed E-state index contributed by atoms with van der Waals surface area (Å²) in [4.78, 5) is 4.20. The smallest absolute Gasteiger partial charge is 0.210 e. The first-order chi connectivity index (χ1) is 9.42. The van der Waals surface area contributed by atoms with Gasteiger partial charge in [0.1, 0.15) is 0 Å². The van der Waals surface area contributed by atoms with Crippen molar-refractivity contribution in [2.45, 2.75) is 24.1 Å². The maximum Gasteiger partial charge on any atom is 0.210 e. The molecule has 8 heteroatoms. The molecule has 2 aromatic rings. The van der Waals surface area contributed by atoms with Gasteiger partial charge >= 0.3 is 0 Å². The summed E-state index contributed by atoms with van der Waals surface area (Å²) in [6, 6.07) is 5.32. The van der Waals surface area contributed by atoms with Gasteiger partial charge in [-0.05, 0) is 36.8 Å². The molecule has 1 aromatic carbocycles. The van der Waals surface area contributed by atoms with E-state index in [4.69, 9.17) is 18.0 Å². The van der Waals surface area contributed by atoms with Crippen molar-refractivity contribution in [2.24, 2.45) is 5.73 Å². The molecule has 108 valence electrons. The minimum atomic E-state index is -3.28. The van der Waals surface area contributed by atoms with Crippen LogP contribution in [0.5, 0.6) is 0 Å². The van der Waals surface area contributed by atoms with Crippen LogP contribution >= 0.6 is 23.6 Å². The van der Waals surface area contributed by atoms with Gasteiger partial charge in [-0.2, -0.15) is 0 Å². The van der Waals surface area contributed by atoms with Crippen molar-refractivity contribution in [3.8, 4) is 0 Å². The lowest BCUT2D eigenvalue weighted by Crippen LogP contribution is -2.18. The molecule has 0 unspecified atom stereocenters. The number of fused-ring (bicyclic) bond motifs is 1. The van der Waals surface area contributed by atoms with Gasteiger partial charge in [0, 0.05) is 5.69 Å².